The molecule has 5 heterocycles. The van der Waals surface area contributed by atoms with Gasteiger partial charge >= 0.3 is 5.97 Å². The summed E-state index contributed by atoms with van der Waals surface area (Å²) in [6.07, 6.45) is 5.23. The summed E-state index contributed by atoms with van der Waals surface area (Å²) in [7, 11) is 3.08. The number of carbonyl (C=O) groups excluding carboxylic acids is 5. The molecule has 6 bridgehead atoms. The van der Waals surface area contributed by atoms with Crippen molar-refractivity contribution >= 4 is 51.9 Å². The van der Waals surface area contributed by atoms with Crippen LogP contribution >= 0.6 is 0 Å². The summed E-state index contributed by atoms with van der Waals surface area (Å²) in [5.74, 6) is -2.31. The van der Waals surface area contributed by atoms with E-state index in [9.17, 15) is 33.6 Å². The molecular formula is C56H76N8O8S. The molecule has 3 fully saturated rings. The van der Waals surface area contributed by atoms with Gasteiger partial charge in [0, 0.05) is 73.0 Å². The quantitative estimate of drug-likeness (QED) is 0.0774. The van der Waals surface area contributed by atoms with Crippen molar-refractivity contribution in [1.29, 1.82) is 0 Å². The third-order valence-electron chi connectivity index (χ3n) is 14.8. The van der Waals surface area contributed by atoms with Crippen LogP contribution in [0, 0.1) is 17.3 Å². The van der Waals surface area contributed by atoms with Crippen molar-refractivity contribution in [3.05, 3.63) is 71.5 Å². The number of aromatic nitrogens is 2. The van der Waals surface area contributed by atoms with Crippen LogP contribution in [0.25, 0.3) is 33.3 Å². The number of esters is 1. The Hall–Kier alpha value is -5.49. The molecule has 4 aliphatic rings. The van der Waals surface area contributed by atoms with Crippen molar-refractivity contribution in [1.82, 2.24) is 39.4 Å². The first kappa shape index (κ1) is 53.8. The van der Waals surface area contributed by atoms with Gasteiger partial charge in [0.2, 0.25) is 17.7 Å². The minimum Gasteiger partial charge on any atom is -0.597 e. The maximum absolute atomic E-state index is 14.8. The number of nitrogens with one attached hydrogen (secondary N) is 2. The molecule has 2 saturated heterocycles. The van der Waals surface area contributed by atoms with Gasteiger partial charge in [0.15, 0.2) is 6.04 Å². The predicted molar refractivity (Wildman–Crippen MR) is 283 cm³/mol. The van der Waals surface area contributed by atoms with Gasteiger partial charge in [0.1, 0.15) is 28.6 Å². The van der Waals surface area contributed by atoms with Gasteiger partial charge in [-0.25, -0.2) is 5.43 Å². The number of pyridine rings is 1. The minimum atomic E-state index is -1.39. The van der Waals surface area contributed by atoms with Crippen molar-refractivity contribution < 1.29 is 38.4 Å². The molecule has 2 aromatic heterocycles. The molecule has 73 heavy (non-hydrogen) atoms. The molecule has 7 atom stereocenters. The fourth-order valence-corrected chi connectivity index (χ4v) is 12.5. The van der Waals surface area contributed by atoms with E-state index in [1.54, 1.807) is 23.5 Å². The summed E-state index contributed by atoms with van der Waals surface area (Å²) < 4.78 is 23.1. The van der Waals surface area contributed by atoms with Crippen molar-refractivity contribution in [3.63, 3.8) is 0 Å². The number of amides is 4. The molecule has 4 aromatic rings. The topological polar surface area (TPSA) is 192 Å². The number of rotatable bonds is 12. The Morgan fingerprint density at radius 2 is 1.75 bits per heavy atom. The maximum Gasteiger partial charge on any atom is 0.324 e. The molecular weight excluding hydrogens is 945 g/mol. The average molecular weight is 1020 g/mol. The van der Waals surface area contributed by atoms with Crippen LogP contribution in [-0.2, 0) is 59.5 Å². The number of ether oxygens (including phenoxy) is 1. The number of cyclic esters (lactones) is 1. The highest BCUT2D eigenvalue weighted by Crippen LogP contribution is 2.51. The number of hydrazine groups is 1. The molecule has 16 nitrogen and oxygen atoms in total. The van der Waals surface area contributed by atoms with E-state index in [1.165, 1.54) is 21.9 Å². The number of aryl methyl sites for hydroxylation is 1. The first-order valence-electron chi connectivity index (χ1n) is 26.1. The Balaban J connectivity index is 1.12. The van der Waals surface area contributed by atoms with Gasteiger partial charge in [0.05, 0.1) is 30.6 Å². The molecule has 17 heteroatoms. The second-order valence-corrected chi connectivity index (χ2v) is 25.3. The Kier molecular flexibility index (Phi) is 15.5. The number of aromatic hydroxyl groups is 1. The molecule has 8 rings (SSSR count). The fourth-order valence-electron chi connectivity index (χ4n) is 11.0. The van der Waals surface area contributed by atoms with E-state index in [-0.39, 0.29) is 49.7 Å². The minimum absolute atomic E-state index is 0.0185. The van der Waals surface area contributed by atoms with E-state index < -0.39 is 75.3 Å². The number of phenols is 1. The largest absolute Gasteiger partial charge is 0.597 e. The lowest BCUT2D eigenvalue weighted by molar-refractivity contribution is -0.155. The first-order valence-corrected chi connectivity index (χ1v) is 27.2. The SMILES string of the molecule is CCn1c(-c2cccnc2C(C)C)c2c3cc(ccc31)-c1cc(O)cc(c1)C[C@H](NC(=O)[C@H](C(C)C)N(C)C(=O)CN(C)C(=O)[C@H]1[C@@H](C3CC3)N1[S@+]([O-])C(C)(C)C)C(=O)N1CCC[C@H](N1)C(=O)OCC(C)(C)C2. The number of nitrogens with zero attached hydrogens (tertiary/aromatic N) is 6. The highest BCUT2D eigenvalue weighted by Gasteiger charge is 2.67. The molecule has 4 amide bonds. The summed E-state index contributed by atoms with van der Waals surface area (Å²) in [6, 6.07) is 11.8. The van der Waals surface area contributed by atoms with Crippen molar-refractivity contribution in [3.8, 4) is 28.1 Å². The van der Waals surface area contributed by atoms with E-state index in [1.807, 2.05) is 59.0 Å². The summed E-state index contributed by atoms with van der Waals surface area (Å²) in [5.41, 5.74) is 9.94. The molecule has 0 radical (unpaired) electrons. The van der Waals surface area contributed by atoms with Gasteiger partial charge < -0.3 is 34.1 Å². The second-order valence-electron chi connectivity index (χ2n) is 23.2. The smallest absolute Gasteiger partial charge is 0.324 e. The third kappa shape index (κ3) is 11.3. The van der Waals surface area contributed by atoms with E-state index in [4.69, 9.17) is 9.72 Å². The van der Waals surface area contributed by atoms with E-state index >= 15 is 0 Å². The number of fused-ring (bicyclic) bond motifs is 6. The number of hydrogen-bond acceptors (Lipinski definition) is 11. The van der Waals surface area contributed by atoms with Crippen LogP contribution in [0.15, 0.2) is 54.7 Å². The molecule has 1 saturated carbocycles. The maximum atomic E-state index is 14.8. The highest BCUT2D eigenvalue weighted by atomic mass is 32.2. The summed E-state index contributed by atoms with van der Waals surface area (Å²) >= 11 is -1.39. The number of benzene rings is 2. The molecule has 2 aromatic carbocycles. The lowest BCUT2D eigenvalue weighted by Gasteiger charge is -2.37. The standard InChI is InChI=1S/C56H76N8O8S/c1-13-62-44-21-20-36-28-40(44)41(49(62)39-16-14-22-57-46(39)32(2)3)29-56(9,10)31-72-54(70)42-17-15-23-63(59-42)52(68)43(26-34-24-37(36)27-38(65)25-34)58-51(67)47(33(4)5)61(12)45(66)30-60(11)53(69)50-48(35-18-19-35)64(50)73(71)55(6,7)8/h14,16,20-22,24-25,27-28,32-33,35,42-43,47-48,50,59,65H,13,15,17-19,23,26,29-31H2,1-12H3,(H,58,67)/t42-,43-,47-,48+,50+,64?,73+/m0/s1. The van der Waals surface area contributed by atoms with Gasteiger partial charge in [-0.3, -0.25) is 34.0 Å². The third-order valence-corrected chi connectivity index (χ3v) is 16.7. The molecule has 1 unspecified atom stereocenters. The zero-order valence-electron chi connectivity index (χ0n) is 44.8. The van der Waals surface area contributed by atoms with E-state index in [2.05, 4.69) is 68.1 Å². The Morgan fingerprint density at radius 3 is 2.41 bits per heavy atom. The van der Waals surface area contributed by atoms with Crippen LogP contribution in [0.1, 0.15) is 118 Å². The predicted octanol–water partition coefficient (Wildman–Crippen LogP) is 6.73. The second kappa shape index (κ2) is 21.0. The Bertz CT molecular complexity index is 2760. The number of carbonyl (C=O) groups is 5. The zero-order valence-corrected chi connectivity index (χ0v) is 45.6. The number of likely N-dealkylation sites (N-methyl/N-ethyl adjacent to an activating group) is 2. The van der Waals surface area contributed by atoms with Crippen LogP contribution in [0.2, 0.25) is 0 Å². The molecule has 1 aliphatic carbocycles. The van der Waals surface area contributed by atoms with Gasteiger partial charge in [0.25, 0.3) is 5.91 Å². The molecule has 394 valence electrons. The van der Waals surface area contributed by atoms with Gasteiger partial charge in [-0.1, -0.05) is 53.7 Å². The van der Waals surface area contributed by atoms with Gasteiger partial charge in [-0.2, -0.15) is 0 Å². The van der Waals surface area contributed by atoms with Gasteiger partial charge in [-0.15, -0.1) is 4.31 Å². The average Bonchev–Trinajstić information content (AvgIpc) is 4.27. The van der Waals surface area contributed by atoms with Crippen molar-refractivity contribution in [2.45, 2.75) is 155 Å². The van der Waals surface area contributed by atoms with Crippen LogP contribution in [-0.4, -0.2) is 137 Å². The first-order chi connectivity index (χ1) is 34.4. The summed E-state index contributed by atoms with van der Waals surface area (Å²) in [5, 5.41) is 16.8. The fraction of sp³-hybridized carbons (Fsp3) is 0.571. The van der Waals surface area contributed by atoms with E-state index in [0.717, 1.165) is 51.8 Å². The van der Waals surface area contributed by atoms with Crippen LogP contribution in [0.4, 0.5) is 0 Å². The number of phenolic OH excluding ortho intramolecular Hbond substituents is 1. The zero-order chi connectivity index (χ0) is 53.0. The molecule has 0 spiro atoms. The summed E-state index contributed by atoms with van der Waals surface area (Å²) in [6.45, 7) is 20.6. The normalized spacial score (nSPS) is 23.2. The lowest BCUT2D eigenvalue weighted by atomic mass is 9.83. The van der Waals surface area contributed by atoms with Crippen LogP contribution < -0.4 is 10.7 Å². The van der Waals surface area contributed by atoms with E-state index in [0.29, 0.717) is 42.9 Å². The lowest BCUT2D eigenvalue weighted by Crippen LogP contribution is -2.62. The number of hydrogen-bond donors (Lipinski definition) is 3. The molecule has 3 N–H and O–H groups in total. The Morgan fingerprint density at radius 1 is 1.03 bits per heavy atom. The Labute approximate surface area is 433 Å². The monoisotopic (exact) mass is 1020 g/mol. The van der Waals surface area contributed by atoms with Gasteiger partial charge in [-0.05, 0) is 136 Å². The van der Waals surface area contributed by atoms with Crippen LogP contribution in [0.3, 0.4) is 0 Å². The van der Waals surface area contributed by atoms with Crippen molar-refractivity contribution in [2.24, 2.45) is 17.3 Å². The highest BCUT2D eigenvalue weighted by molar-refractivity contribution is 7.90. The van der Waals surface area contributed by atoms with Crippen LogP contribution in [0.5, 0.6) is 5.75 Å². The molecule has 3 aliphatic heterocycles. The van der Waals surface area contributed by atoms with Crippen molar-refractivity contribution in [2.75, 3.05) is 33.8 Å². The summed E-state index contributed by atoms with van der Waals surface area (Å²) in [4.78, 5) is 79.1.